The lowest BCUT2D eigenvalue weighted by molar-refractivity contribution is 0.168. The van der Waals surface area contributed by atoms with Crippen LogP contribution in [-0.4, -0.2) is 47.2 Å². The van der Waals surface area contributed by atoms with E-state index in [1.807, 2.05) is 17.9 Å². The van der Waals surface area contributed by atoms with Crippen LogP contribution in [0.15, 0.2) is 70.5 Å². The normalized spacial score (nSPS) is 12.8. The lowest BCUT2D eigenvalue weighted by atomic mass is 9.85. The average Bonchev–Trinajstić information content (AvgIpc) is 3.45. The van der Waals surface area contributed by atoms with Crippen LogP contribution < -0.4 is 11.1 Å². The Bertz CT molecular complexity index is 2050. The molecule has 1 aliphatic heterocycles. The van der Waals surface area contributed by atoms with E-state index in [9.17, 15) is 24.3 Å². The minimum Gasteiger partial charge on any atom is -0.392 e. The summed E-state index contributed by atoms with van der Waals surface area (Å²) in [5.74, 6) is -1.78. The number of benzene rings is 2. The van der Waals surface area contributed by atoms with Gasteiger partial charge in [0.25, 0.3) is 5.56 Å². The predicted octanol–water partition coefficient (Wildman–Crippen LogP) is 5.37. The Morgan fingerprint density at radius 3 is 2.25 bits per heavy atom. The first-order chi connectivity index (χ1) is 22.9. The highest BCUT2D eigenvalue weighted by Gasteiger charge is 2.23. The summed E-state index contributed by atoms with van der Waals surface area (Å²) < 4.78 is 33.1. The first-order valence-corrected chi connectivity index (χ1v) is 15.8. The average molecular weight is 658 g/mol. The molecule has 1 aliphatic rings. The first-order valence-electron chi connectivity index (χ1n) is 15.8. The van der Waals surface area contributed by atoms with Crippen LogP contribution >= 0.6 is 0 Å². The Labute approximate surface area is 278 Å². The van der Waals surface area contributed by atoms with Crippen LogP contribution in [-0.2, 0) is 32.7 Å². The molecule has 12 heteroatoms. The Kier molecular flexibility index (Phi) is 11.4. The molecule has 6 rings (SSSR count). The quantitative estimate of drug-likeness (QED) is 0.261. The number of fused-ring (bicyclic) bond motifs is 1. The van der Waals surface area contributed by atoms with Crippen molar-refractivity contribution >= 4 is 10.8 Å². The summed E-state index contributed by atoms with van der Waals surface area (Å²) >= 11 is 0. The van der Waals surface area contributed by atoms with Gasteiger partial charge in [-0.15, -0.1) is 0 Å². The number of aryl methyl sites for hydroxylation is 2. The van der Waals surface area contributed by atoms with Crippen molar-refractivity contribution in [2.24, 2.45) is 14.1 Å². The second-order valence-electron chi connectivity index (χ2n) is 12.2. The molecule has 48 heavy (non-hydrogen) atoms. The molecule has 0 spiro atoms. The topological polar surface area (TPSA) is 122 Å². The van der Waals surface area contributed by atoms with Crippen molar-refractivity contribution in [1.29, 1.82) is 5.26 Å². The zero-order valence-electron chi connectivity index (χ0n) is 28.2. The molecule has 0 bridgehead atoms. The first kappa shape index (κ1) is 35.9. The van der Waals surface area contributed by atoms with Crippen molar-refractivity contribution in [2.75, 3.05) is 13.1 Å². The number of halogens is 2. The fourth-order valence-electron chi connectivity index (χ4n) is 5.18. The molecule has 1 saturated heterocycles. The lowest BCUT2D eigenvalue weighted by Crippen LogP contribution is -2.36. The van der Waals surface area contributed by atoms with Crippen LogP contribution in [0.25, 0.3) is 27.7 Å². The van der Waals surface area contributed by atoms with Crippen LogP contribution in [0.3, 0.4) is 0 Å². The number of hydrogen-bond acceptors (Lipinski definition) is 7. The van der Waals surface area contributed by atoms with E-state index in [2.05, 4.69) is 41.1 Å². The van der Waals surface area contributed by atoms with E-state index in [4.69, 9.17) is 0 Å². The Balaban J connectivity index is 0.000000307. The van der Waals surface area contributed by atoms with Crippen molar-refractivity contribution in [3.05, 3.63) is 110 Å². The Morgan fingerprint density at radius 1 is 0.979 bits per heavy atom. The monoisotopic (exact) mass is 657 g/mol. The van der Waals surface area contributed by atoms with Crippen LogP contribution in [0, 0.1) is 23.0 Å². The highest BCUT2D eigenvalue weighted by Crippen LogP contribution is 2.29. The second kappa shape index (κ2) is 15.3. The van der Waals surface area contributed by atoms with Gasteiger partial charge in [-0.25, -0.2) is 13.5 Å². The largest absolute Gasteiger partial charge is 0.392 e. The molecule has 0 unspecified atom stereocenters. The molecular weight excluding hydrogens is 616 g/mol. The fourth-order valence-corrected chi connectivity index (χ4v) is 5.18. The standard InChI is InChI=1S/C25H20F2N4O3.C8H13N3.C3H8/c1-25(2,13-28)15-9-14-7-8-31(24(34)22(14)18(26)10-15)21-6-4-5-16(17(21)12-32)20-11-19(27)23(33)30(3)29-20;1-10-8(3-4-9-10)7-11-5-2-6-11;1-3-2/h4-11,32H,12H2,1-3H3;3-4H,2,5-7H2,1H3;3H2,1-2H3. The number of nitriles is 1. The Hall–Kier alpha value is -4.99. The molecule has 1 fully saturated rings. The molecule has 3 aromatic heterocycles. The predicted molar refractivity (Wildman–Crippen MR) is 182 cm³/mol. The minimum atomic E-state index is -1.01. The van der Waals surface area contributed by atoms with Crippen molar-refractivity contribution in [1.82, 2.24) is 29.0 Å². The number of rotatable bonds is 6. The number of aliphatic hydroxyl groups is 1. The van der Waals surface area contributed by atoms with E-state index >= 15 is 4.39 Å². The van der Waals surface area contributed by atoms with Crippen molar-refractivity contribution in [3.63, 3.8) is 0 Å². The molecule has 0 aliphatic carbocycles. The van der Waals surface area contributed by atoms with Crippen molar-refractivity contribution in [3.8, 4) is 23.0 Å². The van der Waals surface area contributed by atoms with Gasteiger partial charge < -0.3 is 5.11 Å². The highest BCUT2D eigenvalue weighted by molar-refractivity contribution is 5.84. The second-order valence-corrected chi connectivity index (χ2v) is 12.2. The number of nitrogens with zero attached hydrogens (tertiary/aromatic N) is 7. The van der Waals surface area contributed by atoms with Gasteiger partial charge in [0.2, 0.25) is 0 Å². The van der Waals surface area contributed by atoms with Crippen molar-refractivity contribution < 1.29 is 13.9 Å². The third-order valence-corrected chi connectivity index (χ3v) is 8.08. The lowest BCUT2D eigenvalue weighted by Gasteiger charge is -2.30. The molecule has 0 amide bonds. The van der Waals surface area contributed by atoms with Gasteiger partial charge in [-0.3, -0.25) is 23.7 Å². The SMILES string of the molecule is CCC.Cn1nc(-c2cccc(-n3ccc4cc(C(C)(C)C#N)cc(F)c4c3=O)c2CO)cc(F)c1=O.Cn1nccc1CN1CCC1. The maximum Gasteiger partial charge on any atom is 0.302 e. The molecule has 10 nitrogen and oxygen atoms in total. The molecule has 2 aromatic carbocycles. The molecular formula is C36H41F2N7O3. The number of aromatic nitrogens is 5. The van der Waals surface area contributed by atoms with Crippen LogP contribution in [0.2, 0.25) is 0 Å². The Morgan fingerprint density at radius 2 is 1.69 bits per heavy atom. The molecule has 252 valence electrons. The van der Waals surface area contributed by atoms with E-state index in [1.54, 1.807) is 44.2 Å². The number of hydrogen-bond donors (Lipinski definition) is 1. The third-order valence-electron chi connectivity index (χ3n) is 8.08. The van der Waals surface area contributed by atoms with Crippen LogP contribution in [0.5, 0.6) is 0 Å². The van der Waals surface area contributed by atoms with E-state index in [1.165, 1.54) is 55.5 Å². The van der Waals surface area contributed by atoms with Gasteiger partial charge in [0.1, 0.15) is 5.82 Å². The maximum absolute atomic E-state index is 15.1. The summed E-state index contributed by atoms with van der Waals surface area (Å²) in [6.45, 7) is 10.6. The third kappa shape index (κ3) is 7.59. The number of pyridine rings is 1. The molecule has 0 radical (unpaired) electrons. The van der Waals surface area contributed by atoms with E-state index in [0.29, 0.717) is 16.5 Å². The zero-order chi connectivity index (χ0) is 35.2. The van der Waals surface area contributed by atoms with E-state index in [0.717, 1.165) is 17.3 Å². The minimum absolute atomic E-state index is 0.0916. The molecule has 5 aromatic rings. The summed E-state index contributed by atoms with van der Waals surface area (Å²) in [5.41, 5.74) is 0.152. The van der Waals surface area contributed by atoms with Gasteiger partial charge in [0, 0.05) is 50.2 Å². The summed E-state index contributed by atoms with van der Waals surface area (Å²) in [6, 6.07) is 14.2. The van der Waals surface area contributed by atoms with Crippen molar-refractivity contribution in [2.45, 2.75) is 59.1 Å². The smallest absolute Gasteiger partial charge is 0.302 e. The molecule has 0 atom stereocenters. The van der Waals surface area contributed by atoms with E-state index < -0.39 is 34.8 Å². The van der Waals surface area contributed by atoms with E-state index in [-0.39, 0.29) is 22.3 Å². The van der Waals surface area contributed by atoms with Gasteiger partial charge in [0.15, 0.2) is 5.82 Å². The highest BCUT2D eigenvalue weighted by atomic mass is 19.1. The zero-order valence-corrected chi connectivity index (χ0v) is 28.2. The van der Waals surface area contributed by atoms with Crippen LogP contribution in [0.4, 0.5) is 8.78 Å². The number of likely N-dealkylation sites (tertiary alicyclic amines) is 1. The van der Waals surface area contributed by atoms with Gasteiger partial charge >= 0.3 is 5.56 Å². The van der Waals surface area contributed by atoms with Gasteiger partial charge in [-0.2, -0.15) is 15.5 Å². The molecule has 1 N–H and O–H groups in total. The summed E-state index contributed by atoms with van der Waals surface area (Å²) in [6.07, 6.45) is 5.91. The molecule has 4 heterocycles. The van der Waals surface area contributed by atoms with Gasteiger partial charge in [0.05, 0.1) is 40.6 Å². The summed E-state index contributed by atoms with van der Waals surface area (Å²) in [7, 11) is 3.30. The van der Waals surface area contributed by atoms with Gasteiger partial charge in [-0.05, 0) is 74.6 Å². The maximum atomic E-state index is 15.1. The summed E-state index contributed by atoms with van der Waals surface area (Å²) in [4.78, 5) is 27.4. The number of aliphatic hydroxyl groups excluding tert-OH is 1. The summed E-state index contributed by atoms with van der Waals surface area (Å²) in [5, 5.41) is 27.8. The van der Waals surface area contributed by atoms with Crippen LogP contribution in [0.1, 0.15) is 57.4 Å². The van der Waals surface area contributed by atoms with Gasteiger partial charge in [-0.1, -0.05) is 32.4 Å². The molecule has 0 saturated carbocycles. The fraction of sp³-hybridized carbons (Fsp3) is 0.361.